The third-order valence-electron chi connectivity index (χ3n) is 4.39. The van der Waals surface area contributed by atoms with Crippen LogP contribution in [0.3, 0.4) is 0 Å². The molecule has 0 radical (unpaired) electrons. The number of methoxy groups -OCH3 is 1. The Balaban J connectivity index is 2.59. The number of aliphatic hydroxyl groups excluding tert-OH is 1. The first kappa shape index (κ1) is 14.3. The molecule has 1 aromatic carbocycles. The van der Waals surface area contributed by atoms with E-state index in [1.165, 1.54) is 11.1 Å². The fourth-order valence-corrected chi connectivity index (χ4v) is 3.06. The first-order valence-electron chi connectivity index (χ1n) is 6.57. The molecule has 4 heteroatoms. The Labute approximate surface area is 114 Å². The summed E-state index contributed by atoms with van der Waals surface area (Å²) in [5.41, 5.74) is 10.5. The Hall–Kier alpha value is -1.10. The van der Waals surface area contributed by atoms with Crippen LogP contribution in [0.25, 0.3) is 0 Å². The third kappa shape index (κ3) is 2.04. The predicted molar refractivity (Wildman–Crippen MR) is 74.8 cm³/mol. The molecule has 0 bridgehead atoms. The molecule has 2 rings (SSSR count). The molecule has 4 nitrogen and oxygen atoms in total. The summed E-state index contributed by atoms with van der Waals surface area (Å²) in [5, 5.41) is 9.44. The molecular weight excluding hydrogens is 242 g/mol. The normalized spacial score (nSPS) is 18.8. The molecular formula is C15H23NO3. The molecule has 0 amide bonds. The number of rotatable bonds is 4. The summed E-state index contributed by atoms with van der Waals surface area (Å²) in [6.45, 7) is 7.31. The van der Waals surface area contributed by atoms with Crippen molar-refractivity contribution in [2.75, 3.05) is 26.9 Å². The van der Waals surface area contributed by atoms with Gasteiger partial charge in [-0.15, -0.1) is 0 Å². The Bertz CT molecular complexity index is 481. The lowest BCUT2D eigenvalue weighted by Crippen LogP contribution is -2.60. The van der Waals surface area contributed by atoms with Crippen LogP contribution in [0.5, 0.6) is 5.75 Å². The average Bonchev–Trinajstić information content (AvgIpc) is 2.35. The number of hydrogen-bond donors (Lipinski definition) is 2. The van der Waals surface area contributed by atoms with Crippen LogP contribution in [0.4, 0.5) is 0 Å². The average molecular weight is 265 g/mol. The zero-order chi connectivity index (χ0) is 14.2. The second kappa shape index (κ2) is 5.12. The van der Waals surface area contributed by atoms with Crippen LogP contribution in [-0.2, 0) is 10.2 Å². The highest BCUT2D eigenvalue weighted by Crippen LogP contribution is 2.41. The topological polar surface area (TPSA) is 64.7 Å². The first-order chi connectivity index (χ1) is 8.97. The maximum Gasteiger partial charge on any atom is 0.122 e. The minimum atomic E-state index is -0.300. The summed E-state index contributed by atoms with van der Waals surface area (Å²) >= 11 is 0. The van der Waals surface area contributed by atoms with Gasteiger partial charge in [0.1, 0.15) is 5.75 Å². The Morgan fingerprint density at radius 1 is 1.37 bits per heavy atom. The fraction of sp³-hybridized carbons (Fsp3) is 0.600. The molecule has 19 heavy (non-hydrogen) atoms. The van der Waals surface area contributed by atoms with Crippen molar-refractivity contribution in [1.82, 2.24) is 0 Å². The highest BCUT2D eigenvalue weighted by atomic mass is 16.5. The Morgan fingerprint density at radius 3 is 2.42 bits per heavy atom. The molecule has 106 valence electrons. The number of aliphatic hydroxyl groups is 1. The van der Waals surface area contributed by atoms with Gasteiger partial charge in [-0.25, -0.2) is 0 Å². The van der Waals surface area contributed by atoms with Crippen molar-refractivity contribution in [3.05, 3.63) is 28.3 Å². The van der Waals surface area contributed by atoms with Gasteiger partial charge in [-0.05, 0) is 49.1 Å². The van der Waals surface area contributed by atoms with Crippen molar-refractivity contribution < 1.29 is 14.6 Å². The molecule has 1 saturated heterocycles. The number of aryl methyl sites for hydroxylation is 1. The van der Waals surface area contributed by atoms with E-state index in [-0.39, 0.29) is 18.1 Å². The van der Waals surface area contributed by atoms with Crippen molar-refractivity contribution in [2.45, 2.75) is 32.2 Å². The second-order valence-electron chi connectivity index (χ2n) is 5.46. The smallest absolute Gasteiger partial charge is 0.122 e. The van der Waals surface area contributed by atoms with E-state index in [0.717, 1.165) is 16.9 Å². The minimum Gasteiger partial charge on any atom is -0.496 e. The summed E-state index contributed by atoms with van der Waals surface area (Å²) in [5.74, 6) is 0.895. The van der Waals surface area contributed by atoms with Crippen LogP contribution in [0, 0.1) is 20.8 Å². The van der Waals surface area contributed by atoms with Gasteiger partial charge < -0.3 is 20.3 Å². The van der Waals surface area contributed by atoms with Gasteiger partial charge in [-0.3, -0.25) is 0 Å². The molecule has 0 aromatic heterocycles. The number of benzene rings is 1. The van der Waals surface area contributed by atoms with E-state index in [0.29, 0.717) is 13.2 Å². The molecule has 1 atom stereocenters. The molecule has 0 spiro atoms. The van der Waals surface area contributed by atoms with E-state index < -0.39 is 0 Å². The highest BCUT2D eigenvalue weighted by Gasteiger charge is 2.47. The Kier molecular flexibility index (Phi) is 3.85. The summed E-state index contributed by atoms with van der Waals surface area (Å²) in [7, 11) is 1.68. The van der Waals surface area contributed by atoms with Gasteiger partial charge in [0.15, 0.2) is 0 Å². The van der Waals surface area contributed by atoms with E-state index in [2.05, 4.69) is 20.8 Å². The third-order valence-corrected chi connectivity index (χ3v) is 4.39. The van der Waals surface area contributed by atoms with Crippen LogP contribution in [-0.4, -0.2) is 38.1 Å². The SMILES string of the molecule is COc1cc(C)c(C2(C(N)CO)COC2)c(C)c1C. The minimum absolute atomic E-state index is 0.0344. The van der Waals surface area contributed by atoms with E-state index >= 15 is 0 Å². The summed E-state index contributed by atoms with van der Waals surface area (Å²) in [6, 6.07) is 1.74. The van der Waals surface area contributed by atoms with Crippen LogP contribution in [0.1, 0.15) is 22.3 Å². The standard InChI is InChI=1S/C15H23NO3/c1-9-5-12(18-4)10(2)11(3)14(9)15(7-19-8-15)13(16)6-17/h5,13,17H,6-8,16H2,1-4H3. The monoisotopic (exact) mass is 265 g/mol. The van der Waals surface area contributed by atoms with Crippen LogP contribution < -0.4 is 10.5 Å². The van der Waals surface area contributed by atoms with Gasteiger partial charge in [0.25, 0.3) is 0 Å². The van der Waals surface area contributed by atoms with Gasteiger partial charge >= 0.3 is 0 Å². The molecule has 1 aliphatic rings. The maximum absolute atomic E-state index is 9.44. The van der Waals surface area contributed by atoms with E-state index in [1.807, 2.05) is 6.07 Å². The van der Waals surface area contributed by atoms with Crippen molar-refractivity contribution in [2.24, 2.45) is 5.73 Å². The van der Waals surface area contributed by atoms with Crippen molar-refractivity contribution in [1.29, 1.82) is 0 Å². The van der Waals surface area contributed by atoms with E-state index in [4.69, 9.17) is 15.2 Å². The molecule has 1 unspecified atom stereocenters. The lowest BCUT2D eigenvalue weighted by molar-refractivity contribution is -0.0804. The lowest BCUT2D eigenvalue weighted by atomic mass is 9.69. The van der Waals surface area contributed by atoms with Gasteiger partial charge in [0, 0.05) is 6.04 Å². The maximum atomic E-state index is 9.44. The van der Waals surface area contributed by atoms with Gasteiger partial charge in [-0.2, -0.15) is 0 Å². The van der Waals surface area contributed by atoms with E-state index in [9.17, 15) is 5.11 Å². The number of hydrogen-bond acceptors (Lipinski definition) is 4. The summed E-state index contributed by atoms with van der Waals surface area (Å²) in [4.78, 5) is 0. The summed E-state index contributed by atoms with van der Waals surface area (Å²) in [6.07, 6.45) is 0. The zero-order valence-electron chi connectivity index (χ0n) is 12.1. The van der Waals surface area contributed by atoms with Gasteiger partial charge in [0.05, 0.1) is 32.3 Å². The lowest BCUT2D eigenvalue weighted by Gasteiger charge is -2.47. The van der Waals surface area contributed by atoms with Gasteiger partial charge in [-0.1, -0.05) is 0 Å². The van der Waals surface area contributed by atoms with Gasteiger partial charge in [0.2, 0.25) is 0 Å². The zero-order valence-corrected chi connectivity index (χ0v) is 12.1. The molecule has 1 aliphatic heterocycles. The fourth-order valence-electron chi connectivity index (χ4n) is 3.06. The quantitative estimate of drug-likeness (QED) is 0.859. The van der Waals surface area contributed by atoms with Crippen LogP contribution >= 0.6 is 0 Å². The molecule has 1 heterocycles. The van der Waals surface area contributed by atoms with Crippen molar-refractivity contribution in [3.63, 3.8) is 0 Å². The first-order valence-corrected chi connectivity index (χ1v) is 6.57. The highest BCUT2D eigenvalue weighted by molar-refractivity contribution is 5.52. The second-order valence-corrected chi connectivity index (χ2v) is 5.46. The molecule has 0 saturated carbocycles. The molecule has 1 fully saturated rings. The molecule has 1 aromatic rings. The molecule has 0 aliphatic carbocycles. The largest absolute Gasteiger partial charge is 0.496 e. The number of nitrogens with two attached hydrogens (primary N) is 1. The van der Waals surface area contributed by atoms with Crippen LogP contribution in [0.15, 0.2) is 6.07 Å². The van der Waals surface area contributed by atoms with E-state index in [1.54, 1.807) is 7.11 Å². The predicted octanol–water partition coefficient (Wildman–Crippen LogP) is 1.21. The number of ether oxygens (including phenoxy) is 2. The molecule has 3 N–H and O–H groups in total. The van der Waals surface area contributed by atoms with Crippen molar-refractivity contribution >= 4 is 0 Å². The van der Waals surface area contributed by atoms with Crippen molar-refractivity contribution in [3.8, 4) is 5.75 Å². The Morgan fingerprint density at radius 2 is 2.00 bits per heavy atom. The van der Waals surface area contributed by atoms with Crippen LogP contribution in [0.2, 0.25) is 0 Å². The summed E-state index contributed by atoms with van der Waals surface area (Å²) < 4.78 is 10.8.